The molecule has 0 atom stereocenters. The summed E-state index contributed by atoms with van der Waals surface area (Å²) >= 11 is 1.22. The third-order valence-electron chi connectivity index (χ3n) is 4.67. The summed E-state index contributed by atoms with van der Waals surface area (Å²) in [5, 5.41) is 3.90. The highest BCUT2D eigenvalue weighted by molar-refractivity contribution is 7.99. The van der Waals surface area contributed by atoms with Crippen molar-refractivity contribution in [2.75, 3.05) is 38.5 Å². The van der Waals surface area contributed by atoms with Crippen LogP contribution in [-0.4, -0.2) is 48.6 Å². The maximum absolute atomic E-state index is 13.0. The Morgan fingerprint density at radius 2 is 1.84 bits per heavy atom. The van der Waals surface area contributed by atoms with Gasteiger partial charge in [0, 0.05) is 43.6 Å². The van der Waals surface area contributed by atoms with Gasteiger partial charge in [-0.2, -0.15) is 0 Å². The monoisotopic (exact) mass is 457 g/mol. The van der Waals surface area contributed by atoms with Crippen LogP contribution < -0.4 is 20.3 Å². The molecule has 0 fully saturated rings. The summed E-state index contributed by atoms with van der Waals surface area (Å²) in [7, 11) is 3.10. The molecule has 0 bridgehead atoms. The summed E-state index contributed by atoms with van der Waals surface area (Å²) in [4.78, 5) is 30.3. The fraction of sp³-hybridized carbons (Fsp3) is 0.348. The van der Waals surface area contributed by atoms with Gasteiger partial charge in [-0.3, -0.25) is 14.2 Å². The number of carbonyl (C=O) groups excluding carboxylic acids is 1. The first-order valence-electron chi connectivity index (χ1n) is 10.3. The first kappa shape index (κ1) is 23.6. The minimum atomic E-state index is -0.228. The molecular formula is C23H27N3O5S. The summed E-state index contributed by atoms with van der Waals surface area (Å²) in [6.07, 6.45) is 0.678. The van der Waals surface area contributed by atoms with Gasteiger partial charge < -0.3 is 19.5 Å². The van der Waals surface area contributed by atoms with Gasteiger partial charge in [0.1, 0.15) is 11.5 Å². The Hall–Kier alpha value is -3.04. The predicted octanol–water partition coefficient (Wildman–Crippen LogP) is 3.57. The molecule has 0 aliphatic rings. The van der Waals surface area contributed by atoms with Crippen LogP contribution in [0.5, 0.6) is 11.5 Å². The lowest BCUT2D eigenvalue weighted by Gasteiger charge is -2.13. The molecule has 32 heavy (non-hydrogen) atoms. The van der Waals surface area contributed by atoms with E-state index < -0.39 is 0 Å². The van der Waals surface area contributed by atoms with Gasteiger partial charge in [-0.15, -0.1) is 0 Å². The number of para-hydroxylation sites is 1. The fourth-order valence-corrected chi connectivity index (χ4v) is 3.96. The summed E-state index contributed by atoms with van der Waals surface area (Å²) < 4.78 is 17.5. The van der Waals surface area contributed by atoms with E-state index in [9.17, 15) is 9.59 Å². The number of anilines is 1. The number of hydrogen-bond acceptors (Lipinski definition) is 7. The Labute approximate surface area is 190 Å². The lowest BCUT2D eigenvalue weighted by atomic mass is 10.2. The quantitative estimate of drug-likeness (QED) is 0.267. The highest BCUT2D eigenvalue weighted by Gasteiger charge is 2.14. The molecular weight excluding hydrogens is 430 g/mol. The minimum Gasteiger partial charge on any atom is -0.497 e. The molecule has 1 aromatic heterocycles. The molecule has 1 N–H and O–H groups in total. The molecule has 3 rings (SSSR count). The smallest absolute Gasteiger partial charge is 0.262 e. The minimum absolute atomic E-state index is 0.0930. The van der Waals surface area contributed by atoms with Crippen molar-refractivity contribution < 1.29 is 19.0 Å². The predicted molar refractivity (Wildman–Crippen MR) is 126 cm³/mol. The van der Waals surface area contributed by atoms with Gasteiger partial charge in [0.25, 0.3) is 5.56 Å². The standard InChI is InChI=1S/C23H27N3O5S/c1-4-31-11-7-10-26-22(28)19-8-5-6-9-20(19)25-23(26)32-15-21(27)24-16-12-17(29-2)14-18(13-16)30-3/h5-6,8-9,12-14H,4,7,10-11,15H2,1-3H3,(H,24,27). The molecule has 0 spiro atoms. The molecule has 0 saturated heterocycles. The van der Waals surface area contributed by atoms with Crippen molar-refractivity contribution >= 4 is 34.3 Å². The van der Waals surface area contributed by atoms with Gasteiger partial charge in [-0.25, -0.2) is 4.98 Å². The molecule has 2 aromatic carbocycles. The van der Waals surface area contributed by atoms with Crippen LogP contribution in [0.3, 0.4) is 0 Å². The third kappa shape index (κ3) is 6.02. The van der Waals surface area contributed by atoms with E-state index in [1.54, 1.807) is 49.1 Å². The van der Waals surface area contributed by atoms with E-state index in [1.165, 1.54) is 11.8 Å². The van der Waals surface area contributed by atoms with Crippen molar-refractivity contribution in [2.24, 2.45) is 0 Å². The number of carbonyl (C=O) groups is 1. The zero-order valence-electron chi connectivity index (χ0n) is 18.4. The molecule has 0 aliphatic carbocycles. The topological polar surface area (TPSA) is 91.7 Å². The van der Waals surface area contributed by atoms with Crippen LogP contribution in [0.1, 0.15) is 13.3 Å². The number of nitrogens with one attached hydrogen (secondary N) is 1. The van der Waals surface area contributed by atoms with Crippen LogP contribution in [-0.2, 0) is 16.1 Å². The molecule has 3 aromatic rings. The largest absolute Gasteiger partial charge is 0.497 e. The number of thioether (sulfide) groups is 1. The summed E-state index contributed by atoms with van der Waals surface area (Å²) in [5.41, 5.74) is 1.05. The molecule has 1 amide bonds. The zero-order valence-corrected chi connectivity index (χ0v) is 19.2. The first-order chi connectivity index (χ1) is 15.5. The van der Waals surface area contributed by atoms with Crippen LogP contribution >= 0.6 is 11.8 Å². The number of fused-ring (bicyclic) bond motifs is 1. The second-order valence-corrected chi connectivity index (χ2v) is 7.80. The number of rotatable bonds is 11. The van der Waals surface area contributed by atoms with Gasteiger partial charge in [-0.1, -0.05) is 23.9 Å². The maximum Gasteiger partial charge on any atom is 0.262 e. The van der Waals surface area contributed by atoms with Crippen LogP contribution in [0.25, 0.3) is 10.9 Å². The van der Waals surface area contributed by atoms with Gasteiger partial charge in [0.15, 0.2) is 5.16 Å². The summed E-state index contributed by atoms with van der Waals surface area (Å²) in [6.45, 7) is 3.58. The number of amides is 1. The van der Waals surface area contributed by atoms with E-state index >= 15 is 0 Å². The molecule has 0 radical (unpaired) electrons. The van der Waals surface area contributed by atoms with Crippen LogP contribution in [0, 0.1) is 0 Å². The average molecular weight is 458 g/mol. The van der Waals surface area contributed by atoms with E-state index in [4.69, 9.17) is 14.2 Å². The van der Waals surface area contributed by atoms with Crippen LogP contribution in [0.4, 0.5) is 5.69 Å². The Bertz CT molecular complexity index is 1110. The molecule has 8 nitrogen and oxygen atoms in total. The maximum atomic E-state index is 13.0. The molecule has 0 aliphatic heterocycles. The molecule has 0 saturated carbocycles. The normalized spacial score (nSPS) is 10.8. The van der Waals surface area contributed by atoms with Crippen molar-refractivity contribution in [1.82, 2.24) is 9.55 Å². The molecule has 0 unspecified atom stereocenters. The number of nitrogens with zero attached hydrogens (tertiary/aromatic N) is 2. The van der Waals surface area contributed by atoms with E-state index in [-0.39, 0.29) is 17.2 Å². The lowest BCUT2D eigenvalue weighted by molar-refractivity contribution is -0.113. The number of hydrogen-bond donors (Lipinski definition) is 1. The van der Waals surface area contributed by atoms with E-state index in [0.717, 1.165) is 0 Å². The van der Waals surface area contributed by atoms with E-state index in [1.807, 2.05) is 19.1 Å². The molecule has 1 heterocycles. The molecule has 170 valence electrons. The summed E-state index contributed by atoms with van der Waals surface area (Å²) in [6, 6.07) is 12.4. The lowest BCUT2D eigenvalue weighted by Crippen LogP contribution is -2.25. The highest BCUT2D eigenvalue weighted by atomic mass is 32.2. The third-order valence-corrected chi connectivity index (χ3v) is 5.65. The van der Waals surface area contributed by atoms with Crippen LogP contribution in [0.2, 0.25) is 0 Å². The Kier molecular flexibility index (Phi) is 8.52. The Morgan fingerprint density at radius 1 is 1.12 bits per heavy atom. The first-order valence-corrected chi connectivity index (χ1v) is 11.3. The number of ether oxygens (including phenoxy) is 3. The summed E-state index contributed by atoms with van der Waals surface area (Å²) in [5.74, 6) is 1.02. The number of benzene rings is 2. The molecule has 9 heteroatoms. The fourth-order valence-electron chi connectivity index (χ4n) is 3.13. The SMILES string of the molecule is CCOCCCn1c(SCC(=O)Nc2cc(OC)cc(OC)c2)nc2ccccc2c1=O. The second kappa shape index (κ2) is 11.5. The Balaban J connectivity index is 1.77. The van der Waals surface area contributed by atoms with E-state index in [0.29, 0.717) is 59.4 Å². The average Bonchev–Trinajstić information content (AvgIpc) is 2.81. The van der Waals surface area contributed by atoms with Crippen molar-refractivity contribution in [3.05, 3.63) is 52.8 Å². The van der Waals surface area contributed by atoms with Crippen molar-refractivity contribution in [3.8, 4) is 11.5 Å². The van der Waals surface area contributed by atoms with Crippen molar-refractivity contribution in [2.45, 2.75) is 25.0 Å². The van der Waals surface area contributed by atoms with Gasteiger partial charge >= 0.3 is 0 Å². The zero-order chi connectivity index (χ0) is 22.9. The number of methoxy groups -OCH3 is 2. The number of aromatic nitrogens is 2. The Morgan fingerprint density at radius 3 is 2.53 bits per heavy atom. The van der Waals surface area contributed by atoms with Crippen molar-refractivity contribution in [1.29, 1.82) is 0 Å². The van der Waals surface area contributed by atoms with Crippen LogP contribution in [0.15, 0.2) is 52.4 Å². The van der Waals surface area contributed by atoms with Gasteiger partial charge in [-0.05, 0) is 25.5 Å². The van der Waals surface area contributed by atoms with E-state index in [2.05, 4.69) is 10.3 Å². The second-order valence-electron chi connectivity index (χ2n) is 6.86. The van der Waals surface area contributed by atoms with Gasteiger partial charge in [0.2, 0.25) is 5.91 Å². The highest BCUT2D eigenvalue weighted by Crippen LogP contribution is 2.26. The van der Waals surface area contributed by atoms with Crippen molar-refractivity contribution in [3.63, 3.8) is 0 Å². The van der Waals surface area contributed by atoms with Gasteiger partial charge in [0.05, 0.1) is 30.9 Å².